The lowest BCUT2D eigenvalue weighted by atomic mass is 10.00. The van der Waals surface area contributed by atoms with E-state index in [2.05, 4.69) is 47.6 Å². The van der Waals surface area contributed by atoms with Crippen LogP contribution in [0.25, 0.3) is 0 Å². The minimum atomic E-state index is 0.479. The Labute approximate surface area is 150 Å². The topological polar surface area (TPSA) is 36.5 Å². The fraction of sp³-hybridized carbons (Fsp3) is 0.632. The Morgan fingerprint density at radius 1 is 1.04 bits per heavy atom. The van der Waals surface area contributed by atoms with Gasteiger partial charge in [-0.3, -0.25) is 0 Å². The van der Waals surface area contributed by atoms with Crippen LogP contribution in [-0.2, 0) is 4.74 Å². The molecule has 3 rings (SSSR count). The van der Waals surface area contributed by atoms with Crippen molar-refractivity contribution in [2.24, 2.45) is 0 Å². The third kappa shape index (κ3) is 4.91. The van der Waals surface area contributed by atoms with Gasteiger partial charge < -0.3 is 20.3 Å². The summed E-state index contributed by atoms with van der Waals surface area (Å²) in [6, 6.07) is 7.64. The van der Waals surface area contributed by atoms with Gasteiger partial charge in [0.05, 0.1) is 0 Å². The monoisotopic (exact) mass is 347 g/mol. The van der Waals surface area contributed by atoms with E-state index in [0.717, 1.165) is 56.0 Å². The summed E-state index contributed by atoms with van der Waals surface area (Å²) in [5, 5.41) is 7.57. The molecule has 1 aromatic rings. The van der Waals surface area contributed by atoms with Gasteiger partial charge in [-0.15, -0.1) is 0 Å². The molecule has 132 valence electrons. The van der Waals surface area contributed by atoms with Crippen LogP contribution in [0.5, 0.6) is 0 Å². The predicted octanol–water partition coefficient (Wildman–Crippen LogP) is 3.23. The molecule has 2 aliphatic heterocycles. The molecular formula is C19H29N3OS. The number of aryl methyl sites for hydroxylation is 2. The Bertz CT molecular complexity index is 543. The molecule has 0 amide bonds. The number of nitrogens with one attached hydrogen (secondary N) is 2. The van der Waals surface area contributed by atoms with E-state index in [0.29, 0.717) is 6.04 Å². The molecule has 0 unspecified atom stereocenters. The largest absolute Gasteiger partial charge is 0.381 e. The summed E-state index contributed by atoms with van der Waals surface area (Å²) < 4.78 is 5.47. The Kier molecular flexibility index (Phi) is 6.09. The van der Waals surface area contributed by atoms with E-state index >= 15 is 0 Å². The molecule has 0 saturated carbocycles. The van der Waals surface area contributed by atoms with Gasteiger partial charge in [-0.1, -0.05) is 6.07 Å². The van der Waals surface area contributed by atoms with Crippen molar-refractivity contribution in [3.8, 4) is 0 Å². The average molecular weight is 348 g/mol. The van der Waals surface area contributed by atoms with E-state index in [4.69, 9.17) is 17.0 Å². The second-order valence-electron chi connectivity index (χ2n) is 7.13. The van der Waals surface area contributed by atoms with Gasteiger partial charge in [0.1, 0.15) is 0 Å². The molecule has 2 N–H and O–H groups in total. The highest BCUT2D eigenvalue weighted by Crippen LogP contribution is 2.20. The molecule has 0 bridgehead atoms. The number of piperidine rings is 1. The number of hydrogen-bond acceptors (Lipinski definition) is 3. The zero-order valence-electron chi connectivity index (χ0n) is 14.8. The van der Waals surface area contributed by atoms with E-state index < -0.39 is 0 Å². The fourth-order valence-electron chi connectivity index (χ4n) is 3.86. The lowest BCUT2D eigenvalue weighted by Crippen LogP contribution is -2.49. The maximum atomic E-state index is 5.51. The maximum absolute atomic E-state index is 5.51. The highest BCUT2D eigenvalue weighted by molar-refractivity contribution is 7.80. The molecule has 0 aliphatic carbocycles. The first-order valence-electron chi connectivity index (χ1n) is 9.08. The van der Waals surface area contributed by atoms with E-state index in [1.54, 1.807) is 0 Å². The Morgan fingerprint density at radius 2 is 1.67 bits per heavy atom. The van der Waals surface area contributed by atoms with Crippen molar-refractivity contribution in [1.29, 1.82) is 0 Å². The average Bonchev–Trinajstić information content (AvgIpc) is 2.55. The van der Waals surface area contributed by atoms with Crippen molar-refractivity contribution in [2.45, 2.75) is 51.6 Å². The van der Waals surface area contributed by atoms with Crippen LogP contribution in [0.2, 0.25) is 0 Å². The summed E-state index contributed by atoms with van der Waals surface area (Å²) >= 11 is 5.51. The third-order valence-corrected chi connectivity index (χ3v) is 5.27. The van der Waals surface area contributed by atoms with E-state index in [1.807, 2.05) is 0 Å². The number of nitrogens with zero attached hydrogens (tertiary/aromatic N) is 1. The highest BCUT2D eigenvalue weighted by atomic mass is 32.1. The van der Waals surface area contributed by atoms with Gasteiger partial charge in [-0.25, -0.2) is 0 Å². The molecular weight excluding hydrogens is 318 g/mol. The van der Waals surface area contributed by atoms with Gasteiger partial charge in [-0.05, 0) is 75.0 Å². The standard InChI is InChI=1S/C19H29N3OS/c1-14-11-15(2)13-17(12-14)21-19(24)20-16-3-7-22(8-4-16)18-5-9-23-10-6-18/h11-13,16,18H,3-10H2,1-2H3,(H2,20,21,24). The molecule has 2 aliphatic rings. The van der Waals surface area contributed by atoms with Gasteiger partial charge in [0.2, 0.25) is 0 Å². The number of rotatable bonds is 3. The summed E-state index contributed by atoms with van der Waals surface area (Å²) in [4.78, 5) is 2.64. The number of anilines is 1. The van der Waals surface area contributed by atoms with E-state index in [9.17, 15) is 0 Å². The third-order valence-electron chi connectivity index (χ3n) is 5.05. The van der Waals surface area contributed by atoms with Crippen molar-refractivity contribution in [2.75, 3.05) is 31.6 Å². The lowest BCUT2D eigenvalue weighted by molar-refractivity contribution is 0.0247. The zero-order valence-corrected chi connectivity index (χ0v) is 15.6. The van der Waals surface area contributed by atoms with E-state index in [1.165, 1.54) is 24.0 Å². The number of ether oxygens (including phenoxy) is 1. The number of thiocarbonyl (C=S) groups is 1. The van der Waals surface area contributed by atoms with Gasteiger partial charge in [0.25, 0.3) is 0 Å². The van der Waals surface area contributed by atoms with Crippen LogP contribution in [0.3, 0.4) is 0 Å². The van der Waals surface area contributed by atoms with Gasteiger partial charge >= 0.3 is 0 Å². The number of hydrogen-bond donors (Lipinski definition) is 2. The highest BCUT2D eigenvalue weighted by Gasteiger charge is 2.26. The fourth-order valence-corrected chi connectivity index (χ4v) is 4.14. The smallest absolute Gasteiger partial charge is 0.170 e. The summed E-state index contributed by atoms with van der Waals surface area (Å²) in [7, 11) is 0. The predicted molar refractivity (Wildman–Crippen MR) is 104 cm³/mol. The van der Waals surface area contributed by atoms with E-state index in [-0.39, 0.29) is 0 Å². The Balaban J connectivity index is 1.44. The van der Waals surface area contributed by atoms with Crippen molar-refractivity contribution in [1.82, 2.24) is 10.2 Å². The van der Waals surface area contributed by atoms with Crippen molar-refractivity contribution < 1.29 is 4.74 Å². The molecule has 0 radical (unpaired) electrons. The molecule has 4 nitrogen and oxygen atoms in total. The molecule has 5 heteroatoms. The van der Waals surface area contributed by atoms with Crippen molar-refractivity contribution in [3.05, 3.63) is 29.3 Å². The van der Waals surface area contributed by atoms with Gasteiger partial charge in [-0.2, -0.15) is 0 Å². The number of likely N-dealkylation sites (tertiary alicyclic amines) is 1. The molecule has 2 heterocycles. The van der Waals surface area contributed by atoms with Crippen LogP contribution in [0.1, 0.15) is 36.8 Å². The van der Waals surface area contributed by atoms with Gasteiger partial charge in [0, 0.05) is 44.1 Å². The first-order chi connectivity index (χ1) is 11.6. The first kappa shape index (κ1) is 17.6. The maximum Gasteiger partial charge on any atom is 0.170 e. The molecule has 1 aromatic carbocycles. The van der Waals surface area contributed by atoms with Crippen molar-refractivity contribution >= 4 is 23.0 Å². The van der Waals surface area contributed by atoms with Crippen LogP contribution in [0, 0.1) is 13.8 Å². The normalized spacial score (nSPS) is 20.8. The SMILES string of the molecule is Cc1cc(C)cc(NC(=S)NC2CCN(C3CCOCC3)CC2)c1. The Morgan fingerprint density at radius 3 is 2.29 bits per heavy atom. The second-order valence-corrected chi connectivity index (χ2v) is 7.54. The van der Waals surface area contributed by atoms with Gasteiger partial charge in [0.15, 0.2) is 5.11 Å². The lowest BCUT2D eigenvalue weighted by Gasteiger charge is -2.39. The van der Waals surface area contributed by atoms with Crippen LogP contribution < -0.4 is 10.6 Å². The van der Waals surface area contributed by atoms with Crippen LogP contribution >= 0.6 is 12.2 Å². The number of benzene rings is 1. The quantitative estimate of drug-likeness (QED) is 0.821. The molecule has 2 saturated heterocycles. The molecule has 0 spiro atoms. The summed E-state index contributed by atoms with van der Waals surface area (Å²) in [5.41, 5.74) is 3.58. The molecule has 2 fully saturated rings. The molecule has 24 heavy (non-hydrogen) atoms. The first-order valence-corrected chi connectivity index (χ1v) is 9.48. The zero-order chi connectivity index (χ0) is 16.9. The summed E-state index contributed by atoms with van der Waals surface area (Å²) in [6.45, 7) is 8.39. The van der Waals surface area contributed by atoms with Crippen LogP contribution in [-0.4, -0.2) is 48.4 Å². The minimum absolute atomic E-state index is 0.479. The van der Waals surface area contributed by atoms with Crippen LogP contribution in [0.4, 0.5) is 5.69 Å². The summed E-state index contributed by atoms with van der Waals surface area (Å²) in [6.07, 6.45) is 4.69. The minimum Gasteiger partial charge on any atom is -0.381 e. The second kappa shape index (κ2) is 8.28. The van der Waals surface area contributed by atoms with Crippen molar-refractivity contribution in [3.63, 3.8) is 0 Å². The Hall–Kier alpha value is -1.17. The summed E-state index contributed by atoms with van der Waals surface area (Å²) in [5.74, 6) is 0. The molecule has 0 aromatic heterocycles. The molecule has 0 atom stereocenters. The van der Waals surface area contributed by atoms with Crippen LogP contribution in [0.15, 0.2) is 18.2 Å².